The van der Waals surface area contributed by atoms with Crippen molar-refractivity contribution in [3.8, 4) is 0 Å². The van der Waals surface area contributed by atoms with Gasteiger partial charge in [0.2, 0.25) is 0 Å². The van der Waals surface area contributed by atoms with Crippen LogP contribution < -0.4 is 15.1 Å². The average molecular weight is 539 g/mol. The highest BCUT2D eigenvalue weighted by Crippen LogP contribution is 2.22. The second-order valence-corrected chi connectivity index (χ2v) is 7.58. The van der Waals surface area contributed by atoms with Gasteiger partial charge in [-0.05, 0) is 35.9 Å². The Kier molecular flexibility index (Phi) is 8.77. The summed E-state index contributed by atoms with van der Waals surface area (Å²) in [5, 5.41) is 3.55. The van der Waals surface area contributed by atoms with E-state index in [9.17, 15) is 4.39 Å². The van der Waals surface area contributed by atoms with Crippen LogP contribution in [0.25, 0.3) is 0 Å². The minimum atomic E-state index is -0.195. The Hall–Kier alpha value is -2.07. The highest BCUT2D eigenvalue weighted by Gasteiger charge is 2.20. The Labute approximate surface area is 201 Å². The van der Waals surface area contributed by atoms with E-state index < -0.39 is 0 Å². The zero-order valence-corrected chi connectivity index (χ0v) is 20.3. The van der Waals surface area contributed by atoms with Crippen LogP contribution in [-0.2, 0) is 11.3 Å². The van der Waals surface area contributed by atoms with Gasteiger partial charge in [-0.3, -0.25) is 4.99 Å². The van der Waals surface area contributed by atoms with Crippen molar-refractivity contribution in [3.05, 3.63) is 59.9 Å². The van der Waals surface area contributed by atoms with Crippen LogP contribution >= 0.6 is 24.0 Å². The van der Waals surface area contributed by atoms with Gasteiger partial charge < -0.3 is 24.8 Å². The highest BCUT2D eigenvalue weighted by molar-refractivity contribution is 14.0. The van der Waals surface area contributed by atoms with E-state index in [1.165, 1.54) is 23.4 Å². The number of morpholine rings is 1. The number of aliphatic imine (C=N–C) groups is 1. The lowest BCUT2D eigenvalue weighted by atomic mass is 10.1. The fraction of sp³-hybridized carbons (Fsp3) is 0.435. The maximum atomic E-state index is 13.2. The molecule has 0 radical (unpaired) electrons. The van der Waals surface area contributed by atoms with Crippen LogP contribution in [0.3, 0.4) is 0 Å². The molecule has 2 aromatic rings. The largest absolute Gasteiger partial charge is 0.378 e. The first-order valence-electron chi connectivity index (χ1n) is 10.6. The molecule has 0 atom stereocenters. The van der Waals surface area contributed by atoms with Gasteiger partial charge in [-0.1, -0.05) is 18.2 Å². The predicted molar refractivity (Wildman–Crippen MR) is 135 cm³/mol. The standard InChI is InChI=1S/C23H30FN5O.HI/c1-25-23(29-12-10-27(11-13-29)21-8-6-20(24)7-9-21)26-18-19-4-2-3-5-22(19)28-14-16-30-17-15-28;/h2-9H,10-18H2,1H3,(H,25,26);1H. The van der Waals surface area contributed by atoms with Crippen LogP contribution in [0.5, 0.6) is 0 Å². The summed E-state index contributed by atoms with van der Waals surface area (Å²) in [5.41, 5.74) is 3.61. The fourth-order valence-electron chi connectivity index (χ4n) is 4.11. The van der Waals surface area contributed by atoms with Crippen LogP contribution in [0.1, 0.15) is 5.56 Å². The Morgan fingerprint density at radius 1 is 0.935 bits per heavy atom. The zero-order chi connectivity index (χ0) is 20.8. The summed E-state index contributed by atoms with van der Waals surface area (Å²) in [6, 6.07) is 15.3. The third-order valence-corrected chi connectivity index (χ3v) is 5.76. The van der Waals surface area contributed by atoms with Gasteiger partial charge in [0.25, 0.3) is 0 Å². The van der Waals surface area contributed by atoms with Gasteiger partial charge in [-0.25, -0.2) is 4.39 Å². The number of nitrogens with one attached hydrogen (secondary N) is 1. The fourth-order valence-corrected chi connectivity index (χ4v) is 4.11. The van der Waals surface area contributed by atoms with Crippen LogP contribution in [0.2, 0.25) is 0 Å². The molecule has 168 valence electrons. The predicted octanol–water partition coefficient (Wildman–Crippen LogP) is 3.18. The van der Waals surface area contributed by atoms with Crippen molar-refractivity contribution < 1.29 is 9.13 Å². The lowest BCUT2D eigenvalue weighted by Gasteiger charge is -2.38. The van der Waals surface area contributed by atoms with Gasteiger partial charge in [-0.15, -0.1) is 24.0 Å². The number of piperazine rings is 1. The molecule has 31 heavy (non-hydrogen) atoms. The summed E-state index contributed by atoms with van der Waals surface area (Å²) in [6.07, 6.45) is 0. The molecule has 4 rings (SSSR count). The van der Waals surface area contributed by atoms with Crippen molar-refractivity contribution in [1.29, 1.82) is 0 Å². The number of ether oxygens (including phenoxy) is 1. The molecule has 1 N–H and O–H groups in total. The summed E-state index contributed by atoms with van der Waals surface area (Å²) >= 11 is 0. The molecule has 2 aromatic carbocycles. The summed E-state index contributed by atoms with van der Waals surface area (Å²) in [7, 11) is 1.84. The number of hydrogen-bond acceptors (Lipinski definition) is 4. The minimum Gasteiger partial charge on any atom is -0.378 e. The van der Waals surface area contributed by atoms with E-state index in [1.54, 1.807) is 0 Å². The van der Waals surface area contributed by atoms with Gasteiger partial charge >= 0.3 is 0 Å². The third-order valence-electron chi connectivity index (χ3n) is 5.76. The number of anilines is 2. The molecule has 0 spiro atoms. The van der Waals surface area contributed by atoms with Crippen LogP contribution in [0.4, 0.5) is 15.8 Å². The molecule has 0 unspecified atom stereocenters. The second kappa shape index (κ2) is 11.5. The van der Waals surface area contributed by atoms with Crippen molar-refractivity contribution in [2.24, 2.45) is 4.99 Å². The van der Waals surface area contributed by atoms with E-state index >= 15 is 0 Å². The summed E-state index contributed by atoms with van der Waals surface area (Å²) in [5.74, 6) is 0.727. The van der Waals surface area contributed by atoms with Gasteiger partial charge in [-0.2, -0.15) is 0 Å². The Morgan fingerprint density at radius 3 is 2.29 bits per heavy atom. The Morgan fingerprint density at radius 2 is 1.61 bits per heavy atom. The Balaban J connectivity index is 0.00000272. The number of halogens is 2. The smallest absolute Gasteiger partial charge is 0.194 e. The molecule has 6 nitrogen and oxygen atoms in total. The molecular formula is C23H31FIN5O. The lowest BCUT2D eigenvalue weighted by Crippen LogP contribution is -2.52. The van der Waals surface area contributed by atoms with Gasteiger partial charge in [0.1, 0.15) is 5.82 Å². The van der Waals surface area contributed by atoms with Crippen LogP contribution in [0.15, 0.2) is 53.5 Å². The maximum Gasteiger partial charge on any atom is 0.194 e. The number of guanidine groups is 1. The molecule has 2 fully saturated rings. The second-order valence-electron chi connectivity index (χ2n) is 7.58. The molecule has 0 aromatic heterocycles. The Bertz CT molecular complexity index is 849. The molecular weight excluding hydrogens is 508 g/mol. The minimum absolute atomic E-state index is 0. The summed E-state index contributed by atoms with van der Waals surface area (Å²) < 4.78 is 18.7. The quantitative estimate of drug-likeness (QED) is 0.368. The van der Waals surface area contributed by atoms with Crippen LogP contribution in [0, 0.1) is 5.82 Å². The third kappa shape index (κ3) is 6.00. The zero-order valence-electron chi connectivity index (χ0n) is 18.0. The van der Waals surface area contributed by atoms with Gasteiger partial charge in [0.05, 0.1) is 13.2 Å². The van der Waals surface area contributed by atoms with Crippen molar-refractivity contribution in [2.75, 3.05) is 69.3 Å². The van der Waals surface area contributed by atoms with Crippen molar-refractivity contribution in [1.82, 2.24) is 10.2 Å². The summed E-state index contributed by atoms with van der Waals surface area (Å²) in [6.45, 7) is 7.67. The van der Waals surface area contributed by atoms with Gasteiger partial charge in [0.15, 0.2) is 5.96 Å². The number of hydrogen-bond donors (Lipinski definition) is 1. The first-order chi connectivity index (χ1) is 14.7. The molecule has 8 heteroatoms. The number of para-hydroxylation sites is 1. The molecule has 0 aliphatic carbocycles. The summed E-state index contributed by atoms with van der Waals surface area (Å²) in [4.78, 5) is 11.5. The molecule has 2 aliphatic heterocycles. The molecule has 2 saturated heterocycles. The number of nitrogens with zero attached hydrogens (tertiary/aromatic N) is 4. The van der Waals surface area contributed by atoms with E-state index in [0.29, 0.717) is 0 Å². The molecule has 0 amide bonds. The van der Waals surface area contributed by atoms with E-state index in [1.807, 2.05) is 19.2 Å². The SMILES string of the molecule is CN=C(NCc1ccccc1N1CCOCC1)N1CCN(c2ccc(F)cc2)CC1.I. The van der Waals surface area contributed by atoms with Crippen molar-refractivity contribution >= 4 is 41.3 Å². The first kappa shape index (κ1) is 23.6. The van der Waals surface area contributed by atoms with Crippen molar-refractivity contribution in [3.63, 3.8) is 0 Å². The lowest BCUT2D eigenvalue weighted by molar-refractivity contribution is 0.122. The van der Waals surface area contributed by atoms with E-state index in [2.05, 4.69) is 49.3 Å². The average Bonchev–Trinajstić information content (AvgIpc) is 2.81. The normalized spacial score (nSPS) is 17.4. The van der Waals surface area contributed by atoms with E-state index in [4.69, 9.17) is 4.74 Å². The van der Waals surface area contributed by atoms with Crippen molar-refractivity contribution in [2.45, 2.75) is 6.54 Å². The molecule has 2 heterocycles. The van der Waals surface area contributed by atoms with Crippen LogP contribution in [-0.4, -0.2) is 70.4 Å². The molecule has 0 bridgehead atoms. The number of benzene rings is 2. The monoisotopic (exact) mass is 539 g/mol. The number of rotatable bonds is 4. The maximum absolute atomic E-state index is 13.2. The van der Waals surface area contributed by atoms with E-state index in [-0.39, 0.29) is 29.8 Å². The van der Waals surface area contributed by atoms with E-state index in [0.717, 1.165) is 70.7 Å². The first-order valence-corrected chi connectivity index (χ1v) is 10.6. The highest BCUT2D eigenvalue weighted by atomic mass is 127. The van der Waals surface area contributed by atoms with Gasteiger partial charge in [0, 0.05) is 64.2 Å². The molecule has 0 saturated carbocycles. The molecule has 2 aliphatic rings. The topological polar surface area (TPSA) is 43.3 Å².